The molecule has 18 heavy (non-hydrogen) atoms. The third-order valence-corrected chi connectivity index (χ3v) is 2.34. The minimum Gasteiger partial charge on any atom is -0.464 e. The maximum atomic E-state index is 12.6. The first-order valence-corrected chi connectivity index (χ1v) is 4.70. The van der Waals surface area contributed by atoms with Crippen LogP contribution in [0, 0.1) is 0 Å². The third kappa shape index (κ3) is 2.69. The molecule has 0 fully saturated rings. The molecule has 0 aliphatic carbocycles. The van der Waals surface area contributed by atoms with Crippen LogP contribution in [0.1, 0.15) is 28.0 Å². The van der Waals surface area contributed by atoms with Gasteiger partial charge in [-0.3, -0.25) is 0 Å². The van der Waals surface area contributed by atoms with Crippen LogP contribution in [0.3, 0.4) is 0 Å². The molecule has 0 aromatic carbocycles. The van der Waals surface area contributed by atoms with Crippen LogP contribution >= 0.6 is 11.6 Å². The van der Waals surface area contributed by atoms with E-state index < -0.39 is 40.4 Å². The first-order valence-electron chi connectivity index (χ1n) is 4.32. The summed E-state index contributed by atoms with van der Waals surface area (Å²) in [7, 11) is 0.917. The number of aromatic nitrogens is 1. The van der Waals surface area contributed by atoms with E-state index in [0.717, 1.165) is 7.11 Å². The van der Waals surface area contributed by atoms with Crippen LogP contribution < -0.4 is 0 Å². The summed E-state index contributed by atoms with van der Waals surface area (Å²) in [6, 6.07) is 0. The number of carbonyl (C=O) groups excluding carboxylic acids is 1. The van der Waals surface area contributed by atoms with Gasteiger partial charge < -0.3 is 4.74 Å². The van der Waals surface area contributed by atoms with Crippen molar-refractivity contribution in [2.24, 2.45) is 0 Å². The number of carbonyl (C=O) groups is 1. The highest BCUT2D eigenvalue weighted by Gasteiger charge is 2.39. The summed E-state index contributed by atoms with van der Waals surface area (Å²) in [4.78, 5) is 14.2. The summed E-state index contributed by atoms with van der Waals surface area (Å²) in [5.74, 6) is -1.20. The van der Waals surface area contributed by atoms with Crippen molar-refractivity contribution in [1.82, 2.24) is 4.98 Å². The van der Waals surface area contributed by atoms with Gasteiger partial charge in [0.1, 0.15) is 0 Å². The average molecular weight is 290 g/mol. The molecule has 0 radical (unpaired) electrons. The molecule has 0 atom stereocenters. The molecule has 0 unspecified atom stereocenters. The Morgan fingerprint density at radius 2 is 2.00 bits per heavy atom. The molecule has 0 bridgehead atoms. The number of hydrogen-bond donors (Lipinski definition) is 0. The Morgan fingerprint density at radius 3 is 2.39 bits per heavy atom. The Kier molecular flexibility index (Phi) is 4.10. The molecule has 0 aliphatic heterocycles. The van der Waals surface area contributed by atoms with Crippen molar-refractivity contribution in [1.29, 1.82) is 0 Å². The number of alkyl halides is 5. The van der Waals surface area contributed by atoms with E-state index in [0.29, 0.717) is 0 Å². The lowest BCUT2D eigenvalue weighted by Crippen LogP contribution is -2.15. The van der Waals surface area contributed by atoms with Crippen molar-refractivity contribution in [3.05, 3.63) is 28.0 Å². The van der Waals surface area contributed by atoms with E-state index in [9.17, 15) is 26.7 Å². The molecule has 3 nitrogen and oxygen atoms in total. The lowest BCUT2D eigenvalue weighted by Gasteiger charge is -2.14. The summed E-state index contributed by atoms with van der Waals surface area (Å²) in [6.45, 7) is 0. The van der Waals surface area contributed by atoms with E-state index in [1.807, 2.05) is 0 Å². The lowest BCUT2D eigenvalue weighted by atomic mass is 10.1. The largest absolute Gasteiger partial charge is 0.464 e. The fraction of sp³-hybridized carbons (Fsp3) is 0.333. The highest BCUT2D eigenvalue weighted by atomic mass is 35.5. The second-order valence-corrected chi connectivity index (χ2v) is 3.42. The zero-order valence-electron chi connectivity index (χ0n) is 8.69. The van der Waals surface area contributed by atoms with E-state index in [4.69, 9.17) is 11.6 Å². The van der Waals surface area contributed by atoms with Crippen molar-refractivity contribution >= 4 is 17.6 Å². The van der Waals surface area contributed by atoms with Gasteiger partial charge in [0.15, 0.2) is 5.69 Å². The molecule has 1 aromatic heterocycles. The minimum atomic E-state index is -5.04. The monoisotopic (exact) mass is 289 g/mol. The molecule has 0 aliphatic rings. The molecule has 0 amide bonds. The second kappa shape index (κ2) is 5.05. The molecule has 0 saturated carbocycles. The number of pyridine rings is 1. The van der Waals surface area contributed by atoms with E-state index in [2.05, 4.69) is 9.72 Å². The molecule has 1 aromatic rings. The number of esters is 1. The first-order chi connectivity index (χ1) is 8.20. The number of hydrogen-bond acceptors (Lipinski definition) is 3. The fourth-order valence-electron chi connectivity index (χ4n) is 1.18. The van der Waals surface area contributed by atoms with Crippen molar-refractivity contribution < 1.29 is 31.5 Å². The van der Waals surface area contributed by atoms with Gasteiger partial charge in [0.25, 0.3) is 6.43 Å². The molecule has 0 saturated heterocycles. The van der Waals surface area contributed by atoms with Gasteiger partial charge >= 0.3 is 12.1 Å². The normalized spacial score (nSPS) is 11.8. The number of halogens is 6. The Bertz CT molecular complexity index is 475. The zero-order chi connectivity index (χ0) is 14.1. The van der Waals surface area contributed by atoms with Crippen LogP contribution in [0.25, 0.3) is 0 Å². The second-order valence-electron chi connectivity index (χ2n) is 3.04. The summed E-state index contributed by atoms with van der Waals surface area (Å²) in [6.07, 6.45) is -8.42. The molecule has 1 rings (SSSR count). The smallest absolute Gasteiger partial charge is 0.418 e. The number of methoxy groups -OCH3 is 1. The fourth-order valence-corrected chi connectivity index (χ4v) is 1.49. The lowest BCUT2D eigenvalue weighted by molar-refractivity contribution is -0.139. The van der Waals surface area contributed by atoms with Crippen LogP contribution in [0.4, 0.5) is 22.0 Å². The molecule has 1 heterocycles. The predicted octanol–water partition coefficient (Wildman–Crippen LogP) is 3.48. The van der Waals surface area contributed by atoms with Crippen LogP contribution in [0.2, 0.25) is 5.02 Å². The molecular weight excluding hydrogens is 285 g/mol. The van der Waals surface area contributed by atoms with Gasteiger partial charge in [0.2, 0.25) is 0 Å². The maximum Gasteiger partial charge on any atom is 0.418 e. The SMILES string of the molecule is COC(=O)c1ncc(C(F)(F)F)c(C(F)F)c1Cl. The van der Waals surface area contributed by atoms with Gasteiger partial charge in [-0.1, -0.05) is 11.6 Å². The minimum absolute atomic E-state index is 0.125. The maximum absolute atomic E-state index is 12.6. The van der Waals surface area contributed by atoms with Gasteiger partial charge in [-0.25, -0.2) is 18.6 Å². The predicted molar refractivity (Wildman–Crippen MR) is 50.5 cm³/mol. The van der Waals surface area contributed by atoms with Gasteiger partial charge in [-0.05, 0) is 0 Å². The van der Waals surface area contributed by atoms with E-state index in [1.54, 1.807) is 0 Å². The Labute approximate surface area is 103 Å². The van der Waals surface area contributed by atoms with Crippen LogP contribution in [0.5, 0.6) is 0 Å². The Balaban J connectivity index is 3.53. The number of nitrogens with zero attached hydrogens (tertiary/aromatic N) is 1. The molecule has 9 heteroatoms. The van der Waals surface area contributed by atoms with Crippen molar-refractivity contribution in [3.63, 3.8) is 0 Å². The Morgan fingerprint density at radius 1 is 1.44 bits per heavy atom. The zero-order valence-corrected chi connectivity index (χ0v) is 9.44. The molecule has 0 spiro atoms. The highest BCUT2D eigenvalue weighted by molar-refractivity contribution is 6.34. The van der Waals surface area contributed by atoms with Gasteiger partial charge in [0, 0.05) is 6.20 Å². The summed E-state index contributed by atoms with van der Waals surface area (Å²) in [5, 5.41) is -1.06. The number of ether oxygens (including phenoxy) is 1. The van der Waals surface area contributed by atoms with E-state index >= 15 is 0 Å². The number of rotatable bonds is 2. The van der Waals surface area contributed by atoms with Gasteiger partial charge in [0.05, 0.1) is 23.3 Å². The topological polar surface area (TPSA) is 39.2 Å². The summed E-state index contributed by atoms with van der Waals surface area (Å²) >= 11 is 5.35. The van der Waals surface area contributed by atoms with E-state index in [-0.39, 0.29) is 6.20 Å². The molecule has 100 valence electrons. The van der Waals surface area contributed by atoms with Crippen LogP contribution in [-0.4, -0.2) is 18.1 Å². The summed E-state index contributed by atoms with van der Waals surface area (Å²) in [5.41, 5.74) is -3.96. The first kappa shape index (κ1) is 14.6. The van der Waals surface area contributed by atoms with Crippen molar-refractivity contribution in [2.75, 3.05) is 7.11 Å². The highest BCUT2D eigenvalue weighted by Crippen LogP contribution is 2.40. The van der Waals surface area contributed by atoms with Crippen LogP contribution in [0.15, 0.2) is 6.20 Å². The van der Waals surface area contributed by atoms with Crippen molar-refractivity contribution in [3.8, 4) is 0 Å². The standard InChI is InChI=1S/C9H5ClF5NO2/c1-18-8(17)6-5(10)4(7(11)12)3(2-16-6)9(13,14)15/h2,7H,1H3. The summed E-state index contributed by atoms with van der Waals surface area (Å²) < 4.78 is 66.7. The average Bonchev–Trinajstić information content (AvgIpc) is 2.25. The Hall–Kier alpha value is -1.44. The van der Waals surface area contributed by atoms with E-state index in [1.165, 1.54) is 0 Å². The molecule has 0 N–H and O–H groups in total. The van der Waals surface area contributed by atoms with Gasteiger partial charge in [-0.2, -0.15) is 13.2 Å². The quantitative estimate of drug-likeness (QED) is 0.618. The van der Waals surface area contributed by atoms with Gasteiger partial charge in [-0.15, -0.1) is 0 Å². The third-order valence-electron chi connectivity index (χ3n) is 1.96. The molecular formula is C9H5ClF5NO2. The van der Waals surface area contributed by atoms with Crippen molar-refractivity contribution in [2.45, 2.75) is 12.6 Å². The van der Waals surface area contributed by atoms with Crippen LogP contribution in [-0.2, 0) is 10.9 Å².